The van der Waals surface area contributed by atoms with E-state index in [0.29, 0.717) is 6.42 Å². The van der Waals surface area contributed by atoms with E-state index in [1.807, 2.05) is 25.1 Å². The van der Waals surface area contributed by atoms with Gasteiger partial charge in [0.05, 0.1) is 12.7 Å². The van der Waals surface area contributed by atoms with Crippen molar-refractivity contribution < 1.29 is 9.53 Å². The van der Waals surface area contributed by atoms with Gasteiger partial charge in [-0.3, -0.25) is 4.79 Å². The van der Waals surface area contributed by atoms with Gasteiger partial charge in [-0.05, 0) is 24.6 Å². The highest BCUT2D eigenvalue weighted by molar-refractivity contribution is 8.13. The molecule has 0 aliphatic heterocycles. The lowest BCUT2D eigenvalue weighted by Gasteiger charge is -2.03. The Bertz CT molecular complexity index is 455. The minimum atomic E-state index is 0.139. The molecule has 3 heteroatoms. The molecule has 0 spiro atoms. The third-order valence-corrected chi connectivity index (χ3v) is 2.93. The summed E-state index contributed by atoms with van der Waals surface area (Å²) in [4.78, 5) is 10.7. The number of carbonyl (C=O) groups is 1. The van der Waals surface area contributed by atoms with Gasteiger partial charge in [0.15, 0.2) is 5.12 Å². The quantitative estimate of drug-likeness (QED) is 0.607. The molecule has 2 nitrogen and oxygen atoms in total. The summed E-state index contributed by atoms with van der Waals surface area (Å²) in [5.41, 5.74) is 2.06. The summed E-state index contributed by atoms with van der Waals surface area (Å²) >= 11 is 1.31. The summed E-state index contributed by atoms with van der Waals surface area (Å²) < 4.78 is 5.23. The van der Waals surface area contributed by atoms with Gasteiger partial charge < -0.3 is 4.74 Å². The molecule has 0 bridgehead atoms. The maximum atomic E-state index is 10.7. The molecule has 0 unspecified atom stereocenters. The standard InChI is InChI=1S/C14H16O2S/c1-11-7-8-14(16-3)13(10-11)6-4-5-9-17-12(2)15/h7-8,10H,5,9H2,1-3H3. The van der Waals surface area contributed by atoms with Gasteiger partial charge in [-0.25, -0.2) is 0 Å². The van der Waals surface area contributed by atoms with Gasteiger partial charge in [0.1, 0.15) is 5.75 Å². The zero-order chi connectivity index (χ0) is 12.7. The van der Waals surface area contributed by atoms with E-state index in [1.54, 1.807) is 14.0 Å². The van der Waals surface area contributed by atoms with Gasteiger partial charge in [0, 0.05) is 19.1 Å². The van der Waals surface area contributed by atoms with Crippen LogP contribution in [0.15, 0.2) is 18.2 Å². The summed E-state index contributed by atoms with van der Waals surface area (Å²) in [7, 11) is 1.64. The lowest BCUT2D eigenvalue weighted by molar-refractivity contribution is -0.109. The van der Waals surface area contributed by atoms with Gasteiger partial charge in [-0.1, -0.05) is 29.7 Å². The zero-order valence-corrected chi connectivity index (χ0v) is 11.2. The Labute approximate surface area is 107 Å². The van der Waals surface area contributed by atoms with Crippen molar-refractivity contribution in [3.8, 4) is 17.6 Å². The third-order valence-electron chi connectivity index (χ3n) is 2.11. The number of carbonyl (C=O) groups excluding carboxylic acids is 1. The first-order valence-electron chi connectivity index (χ1n) is 5.40. The Hall–Kier alpha value is -1.40. The van der Waals surface area contributed by atoms with E-state index >= 15 is 0 Å². The Morgan fingerprint density at radius 1 is 1.47 bits per heavy atom. The number of ether oxygens (including phenoxy) is 1. The van der Waals surface area contributed by atoms with Crippen molar-refractivity contribution in [3.63, 3.8) is 0 Å². The lowest BCUT2D eigenvalue weighted by atomic mass is 10.1. The van der Waals surface area contributed by atoms with Crippen LogP contribution in [0.5, 0.6) is 5.75 Å². The van der Waals surface area contributed by atoms with E-state index in [9.17, 15) is 4.79 Å². The first-order valence-corrected chi connectivity index (χ1v) is 6.39. The van der Waals surface area contributed by atoms with Crippen molar-refractivity contribution in [2.24, 2.45) is 0 Å². The predicted octanol–water partition coefficient (Wildman–Crippen LogP) is 3.02. The van der Waals surface area contributed by atoms with Crippen LogP contribution in [0.4, 0.5) is 0 Å². The van der Waals surface area contributed by atoms with E-state index in [1.165, 1.54) is 11.8 Å². The fraction of sp³-hybridized carbons (Fsp3) is 0.357. The number of thioether (sulfide) groups is 1. The second-order valence-electron chi connectivity index (χ2n) is 3.60. The molecule has 0 heterocycles. The molecule has 0 aliphatic carbocycles. The van der Waals surface area contributed by atoms with Crippen molar-refractivity contribution in [3.05, 3.63) is 29.3 Å². The van der Waals surface area contributed by atoms with Crippen LogP contribution in [-0.2, 0) is 4.79 Å². The number of rotatable bonds is 3. The Balaban J connectivity index is 2.64. The molecule has 0 radical (unpaired) electrons. The largest absolute Gasteiger partial charge is 0.495 e. The van der Waals surface area contributed by atoms with Crippen LogP contribution in [0.2, 0.25) is 0 Å². The lowest BCUT2D eigenvalue weighted by Crippen LogP contribution is -1.89. The smallest absolute Gasteiger partial charge is 0.185 e. The Kier molecular flexibility index (Phi) is 5.65. The maximum Gasteiger partial charge on any atom is 0.185 e. The summed E-state index contributed by atoms with van der Waals surface area (Å²) in [6.45, 7) is 3.60. The topological polar surface area (TPSA) is 26.3 Å². The Morgan fingerprint density at radius 3 is 2.88 bits per heavy atom. The number of hydrogen-bond donors (Lipinski definition) is 0. The van der Waals surface area contributed by atoms with Crippen LogP contribution in [-0.4, -0.2) is 18.0 Å². The first-order chi connectivity index (χ1) is 8.13. The van der Waals surface area contributed by atoms with Gasteiger partial charge in [0.25, 0.3) is 0 Å². The highest BCUT2D eigenvalue weighted by atomic mass is 32.2. The molecule has 17 heavy (non-hydrogen) atoms. The van der Waals surface area contributed by atoms with E-state index in [-0.39, 0.29) is 5.12 Å². The van der Waals surface area contributed by atoms with Crippen molar-refractivity contribution in [1.82, 2.24) is 0 Å². The third kappa shape index (κ3) is 4.97. The average Bonchev–Trinajstić information content (AvgIpc) is 2.28. The van der Waals surface area contributed by atoms with Crippen LogP contribution in [0.25, 0.3) is 0 Å². The first kappa shape index (κ1) is 13.7. The maximum absolute atomic E-state index is 10.7. The molecule has 1 aromatic carbocycles. The second kappa shape index (κ2) is 7.03. The number of aryl methyl sites for hydroxylation is 1. The summed E-state index contributed by atoms with van der Waals surface area (Å²) in [5.74, 6) is 7.68. The molecule has 90 valence electrons. The summed E-state index contributed by atoms with van der Waals surface area (Å²) in [6.07, 6.45) is 0.710. The van der Waals surface area contributed by atoms with Crippen molar-refractivity contribution in [1.29, 1.82) is 0 Å². The van der Waals surface area contributed by atoms with Crippen LogP contribution in [0.1, 0.15) is 24.5 Å². The normalized spacial score (nSPS) is 9.35. The van der Waals surface area contributed by atoms with E-state index in [0.717, 1.165) is 22.6 Å². The van der Waals surface area contributed by atoms with Gasteiger partial charge in [-0.15, -0.1) is 0 Å². The fourth-order valence-electron chi connectivity index (χ4n) is 1.32. The molecule has 0 amide bonds. The molecule has 0 fully saturated rings. The number of hydrogen-bond acceptors (Lipinski definition) is 3. The number of benzene rings is 1. The SMILES string of the molecule is COc1ccc(C)cc1C#CCCSC(C)=O. The highest BCUT2D eigenvalue weighted by Crippen LogP contribution is 2.18. The molecule has 0 N–H and O–H groups in total. The molecule has 1 rings (SSSR count). The zero-order valence-electron chi connectivity index (χ0n) is 10.4. The van der Waals surface area contributed by atoms with Crippen molar-refractivity contribution in [2.45, 2.75) is 20.3 Å². The minimum Gasteiger partial charge on any atom is -0.495 e. The monoisotopic (exact) mass is 248 g/mol. The van der Waals surface area contributed by atoms with Crippen LogP contribution >= 0.6 is 11.8 Å². The van der Waals surface area contributed by atoms with Crippen molar-refractivity contribution >= 4 is 16.9 Å². The molecule has 0 saturated heterocycles. The second-order valence-corrected chi connectivity index (χ2v) is 4.87. The highest BCUT2D eigenvalue weighted by Gasteiger charge is 1.99. The van der Waals surface area contributed by atoms with Crippen LogP contribution in [0.3, 0.4) is 0 Å². The molecule has 0 saturated carbocycles. The van der Waals surface area contributed by atoms with E-state index in [4.69, 9.17) is 4.74 Å². The predicted molar refractivity (Wildman–Crippen MR) is 72.4 cm³/mol. The van der Waals surface area contributed by atoms with Gasteiger partial charge in [0.2, 0.25) is 0 Å². The van der Waals surface area contributed by atoms with Gasteiger partial charge >= 0.3 is 0 Å². The average molecular weight is 248 g/mol. The van der Waals surface area contributed by atoms with Crippen LogP contribution < -0.4 is 4.74 Å². The van der Waals surface area contributed by atoms with Crippen LogP contribution in [0, 0.1) is 18.8 Å². The molecular weight excluding hydrogens is 232 g/mol. The molecule has 1 aromatic rings. The molecule has 0 atom stereocenters. The summed E-state index contributed by atoms with van der Waals surface area (Å²) in [5, 5.41) is 0.139. The molecule has 0 aliphatic rings. The van der Waals surface area contributed by atoms with Crippen molar-refractivity contribution in [2.75, 3.05) is 12.9 Å². The number of methoxy groups -OCH3 is 1. The summed E-state index contributed by atoms with van der Waals surface area (Å²) in [6, 6.07) is 5.92. The molecule has 0 aromatic heterocycles. The van der Waals surface area contributed by atoms with Gasteiger partial charge in [-0.2, -0.15) is 0 Å². The molecular formula is C14H16O2S. The fourth-order valence-corrected chi connectivity index (χ4v) is 1.81. The minimum absolute atomic E-state index is 0.139. The van der Waals surface area contributed by atoms with E-state index in [2.05, 4.69) is 11.8 Å². The Morgan fingerprint density at radius 2 is 2.24 bits per heavy atom. The van der Waals surface area contributed by atoms with E-state index < -0.39 is 0 Å².